The third kappa shape index (κ3) is 3.85. The Hall–Kier alpha value is -2.12. The highest BCUT2D eigenvalue weighted by Gasteiger charge is 2.45. The van der Waals surface area contributed by atoms with Crippen molar-refractivity contribution >= 4 is 15.6 Å². The van der Waals surface area contributed by atoms with Crippen molar-refractivity contribution in [3.8, 4) is 0 Å². The molecular weight excluding hydrogens is 399 g/mol. The van der Waals surface area contributed by atoms with Gasteiger partial charge in [0, 0.05) is 5.92 Å². The van der Waals surface area contributed by atoms with E-state index >= 15 is 0 Å². The lowest BCUT2D eigenvalue weighted by Crippen LogP contribution is -2.21. The van der Waals surface area contributed by atoms with Gasteiger partial charge >= 0.3 is 6.18 Å². The molecule has 2 aliphatic carbocycles. The third-order valence-corrected chi connectivity index (χ3v) is 7.25. The van der Waals surface area contributed by atoms with Crippen molar-refractivity contribution < 1.29 is 21.6 Å². The molecule has 0 aliphatic heterocycles. The summed E-state index contributed by atoms with van der Waals surface area (Å²) in [4.78, 5) is 0.0756. The average molecular weight is 421 g/mol. The van der Waals surface area contributed by atoms with Crippen LogP contribution in [0.2, 0.25) is 0 Å². The maximum Gasteiger partial charge on any atom is 0.416 e. The predicted octanol–water partition coefficient (Wildman–Crippen LogP) is 5.48. The number of rotatable bonds is 3. The quantitative estimate of drug-likeness (QED) is 0.713. The maximum absolute atomic E-state index is 12.9. The standard InChI is InChI=1S/C22H22F3NO2S/c23-22(24,25)18-7-3-15(4-8-18)17-13-20(21(14-17)11-1-2-12-21)16-5-9-19(10-6-16)29(26,27)28/h3-10,13,20H,1-2,11-12,14H2,(H2,26,27,28). The van der Waals surface area contributed by atoms with E-state index in [9.17, 15) is 21.6 Å². The average Bonchev–Trinajstić information content (AvgIpc) is 3.28. The fraction of sp³-hybridized carbons (Fsp3) is 0.364. The summed E-state index contributed by atoms with van der Waals surface area (Å²) < 4.78 is 61.7. The minimum Gasteiger partial charge on any atom is -0.225 e. The number of primary sulfonamides is 1. The first-order valence-electron chi connectivity index (χ1n) is 9.60. The van der Waals surface area contributed by atoms with Crippen molar-refractivity contribution in [2.45, 2.75) is 49.1 Å². The van der Waals surface area contributed by atoms with Gasteiger partial charge in [0.05, 0.1) is 10.5 Å². The predicted molar refractivity (Wildman–Crippen MR) is 105 cm³/mol. The molecule has 3 nitrogen and oxygen atoms in total. The molecule has 2 N–H and O–H groups in total. The van der Waals surface area contributed by atoms with Crippen LogP contribution in [0.3, 0.4) is 0 Å². The fourth-order valence-corrected chi connectivity index (χ4v) is 5.39. The summed E-state index contributed by atoms with van der Waals surface area (Å²) in [5.41, 5.74) is 2.28. The number of allylic oxidation sites excluding steroid dienone is 2. The summed E-state index contributed by atoms with van der Waals surface area (Å²) >= 11 is 0. The summed E-state index contributed by atoms with van der Waals surface area (Å²) in [7, 11) is -3.75. The molecule has 1 unspecified atom stereocenters. The van der Waals surface area contributed by atoms with E-state index in [1.807, 2.05) is 0 Å². The number of nitrogens with two attached hydrogens (primary N) is 1. The number of sulfonamides is 1. The maximum atomic E-state index is 12.9. The fourth-order valence-electron chi connectivity index (χ4n) is 4.88. The summed E-state index contributed by atoms with van der Waals surface area (Å²) in [5, 5.41) is 5.20. The van der Waals surface area contributed by atoms with Crippen LogP contribution in [0.15, 0.2) is 59.5 Å². The Balaban J connectivity index is 1.69. The van der Waals surface area contributed by atoms with Gasteiger partial charge in [-0.05, 0) is 65.6 Å². The Labute approximate surface area is 168 Å². The van der Waals surface area contributed by atoms with Crippen LogP contribution in [-0.2, 0) is 16.2 Å². The van der Waals surface area contributed by atoms with Gasteiger partial charge in [-0.1, -0.05) is 43.2 Å². The zero-order valence-corrected chi connectivity index (χ0v) is 16.6. The van der Waals surface area contributed by atoms with Crippen LogP contribution in [0.4, 0.5) is 13.2 Å². The van der Waals surface area contributed by atoms with Gasteiger partial charge in [0.25, 0.3) is 0 Å². The van der Waals surface area contributed by atoms with Crippen molar-refractivity contribution in [3.63, 3.8) is 0 Å². The Bertz CT molecular complexity index is 1030. The highest BCUT2D eigenvalue weighted by molar-refractivity contribution is 7.89. The molecule has 0 heterocycles. The second kappa shape index (κ2) is 6.99. The van der Waals surface area contributed by atoms with E-state index in [1.165, 1.54) is 12.1 Å². The highest BCUT2D eigenvalue weighted by atomic mass is 32.2. The topological polar surface area (TPSA) is 60.2 Å². The Morgan fingerprint density at radius 3 is 2.03 bits per heavy atom. The largest absolute Gasteiger partial charge is 0.416 e. The van der Waals surface area contributed by atoms with E-state index in [1.54, 1.807) is 24.3 Å². The smallest absolute Gasteiger partial charge is 0.225 e. The molecule has 1 atom stereocenters. The molecule has 7 heteroatoms. The molecule has 2 aromatic rings. The molecule has 0 saturated heterocycles. The minimum absolute atomic E-state index is 0.0428. The highest BCUT2D eigenvalue weighted by Crippen LogP contribution is 2.59. The Kier molecular flexibility index (Phi) is 4.86. The van der Waals surface area contributed by atoms with E-state index in [0.717, 1.165) is 60.9 Å². The van der Waals surface area contributed by atoms with Crippen molar-refractivity contribution in [1.29, 1.82) is 0 Å². The Morgan fingerprint density at radius 1 is 0.931 bits per heavy atom. The molecule has 1 fully saturated rings. The SMILES string of the molecule is NS(=O)(=O)c1ccc(C2C=C(c3ccc(C(F)(F)F)cc3)CC23CCCC3)cc1. The van der Waals surface area contributed by atoms with E-state index in [2.05, 4.69) is 6.08 Å². The van der Waals surface area contributed by atoms with Gasteiger partial charge in [0.1, 0.15) is 0 Å². The number of benzene rings is 2. The monoisotopic (exact) mass is 421 g/mol. The second-order valence-electron chi connectivity index (χ2n) is 8.10. The van der Waals surface area contributed by atoms with Gasteiger partial charge in [0.2, 0.25) is 10.0 Å². The second-order valence-corrected chi connectivity index (χ2v) is 9.67. The third-order valence-electron chi connectivity index (χ3n) is 6.32. The van der Waals surface area contributed by atoms with Crippen molar-refractivity contribution in [3.05, 3.63) is 71.3 Å². The molecular formula is C22H22F3NO2S. The lowest BCUT2D eigenvalue weighted by atomic mass is 9.72. The molecule has 0 amide bonds. The Morgan fingerprint density at radius 2 is 1.52 bits per heavy atom. The molecule has 2 aliphatic rings. The van der Waals surface area contributed by atoms with E-state index in [4.69, 9.17) is 5.14 Å². The lowest BCUT2D eigenvalue weighted by Gasteiger charge is -2.32. The first-order valence-corrected chi connectivity index (χ1v) is 11.1. The van der Waals surface area contributed by atoms with Crippen molar-refractivity contribution in [2.75, 3.05) is 0 Å². The molecule has 1 spiro atoms. The van der Waals surface area contributed by atoms with Crippen molar-refractivity contribution in [1.82, 2.24) is 0 Å². The summed E-state index contributed by atoms with van der Waals surface area (Å²) in [6, 6.07) is 12.0. The molecule has 0 aromatic heterocycles. The summed E-state index contributed by atoms with van der Waals surface area (Å²) in [6.07, 6.45) is 2.98. The van der Waals surface area contributed by atoms with Crippen LogP contribution in [0.5, 0.6) is 0 Å². The van der Waals surface area contributed by atoms with E-state index in [0.29, 0.717) is 0 Å². The molecule has 1 saturated carbocycles. The molecule has 2 aromatic carbocycles. The van der Waals surface area contributed by atoms with E-state index < -0.39 is 21.8 Å². The zero-order chi connectivity index (χ0) is 20.9. The van der Waals surface area contributed by atoms with Crippen LogP contribution in [0.25, 0.3) is 5.57 Å². The van der Waals surface area contributed by atoms with E-state index in [-0.39, 0.29) is 16.2 Å². The first-order chi connectivity index (χ1) is 13.6. The summed E-state index contributed by atoms with van der Waals surface area (Å²) in [5.74, 6) is 0.108. The van der Waals surface area contributed by atoms with Gasteiger partial charge in [-0.25, -0.2) is 13.6 Å². The van der Waals surface area contributed by atoms with Crippen molar-refractivity contribution in [2.24, 2.45) is 10.6 Å². The minimum atomic E-state index is -4.34. The number of hydrogen-bond acceptors (Lipinski definition) is 2. The molecule has 29 heavy (non-hydrogen) atoms. The zero-order valence-electron chi connectivity index (χ0n) is 15.7. The first kappa shape index (κ1) is 20.2. The van der Waals surface area contributed by atoms with Gasteiger partial charge < -0.3 is 0 Å². The van der Waals surface area contributed by atoms with Gasteiger partial charge in [-0.15, -0.1) is 0 Å². The molecule has 4 rings (SSSR count). The van der Waals surface area contributed by atoms with Crippen LogP contribution >= 0.6 is 0 Å². The molecule has 154 valence electrons. The molecule has 0 radical (unpaired) electrons. The molecule has 0 bridgehead atoms. The van der Waals surface area contributed by atoms with Crippen LogP contribution in [0.1, 0.15) is 54.7 Å². The van der Waals surface area contributed by atoms with Gasteiger partial charge in [0.15, 0.2) is 0 Å². The number of halogens is 3. The van der Waals surface area contributed by atoms with Crippen LogP contribution in [-0.4, -0.2) is 8.42 Å². The van der Waals surface area contributed by atoms with Gasteiger partial charge in [-0.3, -0.25) is 0 Å². The normalized spacial score (nSPS) is 21.5. The van der Waals surface area contributed by atoms with Gasteiger partial charge in [-0.2, -0.15) is 13.2 Å². The van der Waals surface area contributed by atoms with Crippen LogP contribution < -0.4 is 5.14 Å². The number of alkyl halides is 3. The number of hydrogen-bond donors (Lipinski definition) is 1. The van der Waals surface area contributed by atoms with Crippen LogP contribution in [0, 0.1) is 5.41 Å². The lowest BCUT2D eigenvalue weighted by molar-refractivity contribution is -0.137. The summed E-state index contributed by atoms with van der Waals surface area (Å²) in [6.45, 7) is 0.